The Balaban J connectivity index is 1.68. The minimum atomic E-state index is -0.410. The van der Waals surface area contributed by atoms with Crippen LogP contribution in [0.25, 0.3) is 0 Å². The van der Waals surface area contributed by atoms with Gasteiger partial charge in [0.15, 0.2) is 0 Å². The maximum Gasteiger partial charge on any atom is 0.313 e. The lowest BCUT2D eigenvalue weighted by Crippen LogP contribution is -2.45. The van der Waals surface area contributed by atoms with Crippen LogP contribution >= 0.6 is 0 Å². The summed E-state index contributed by atoms with van der Waals surface area (Å²) in [5, 5.41) is 0. The summed E-state index contributed by atoms with van der Waals surface area (Å²) in [4.78, 5) is 11.8. The Hall–Kier alpha value is -1.55. The first-order valence-corrected chi connectivity index (χ1v) is 6.32. The highest BCUT2D eigenvalue weighted by atomic mass is 16.6. The predicted molar refractivity (Wildman–Crippen MR) is 68.2 cm³/mol. The zero-order valence-corrected chi connectivity index (χ0v) is 10.4. The molecule has 98 valence electrons. The van der Waals surface area contributed by atoms with Gasteiger partial charge in [-0.1, -0.05) is 24.6 Å². The van der Waals surface area contributed by atoms with Crippen molar-refractivity contribution in [1.82, 2.24) is 0 Å². The summed E-state index contributed by atoms with van der Waals surface area (Å²) < 4.78 is 10.7. The van der Waals surface area contributed by atoms with Crippen molar-refractivity contribution in [3.8, 4) is 5.75 Å². The van der Waals surface area contributed by atoms with Crippen LogP contribution < -0.4 is 10.5 Å². The molecule has 0 amide bonds. The molecule has 1 saturated carbocycles. The van der Waals surface area contributed by atoms with E-state index in [0.29, 0.717) is 13.2 Å². The van der Waals surface area contributed by atoms with Crippen molar-refractivity contribution < 1.29 is 14.3 Å². The van der Waals surface area contributed by atoms with E-state index in [-0.39, 0.29) is 12.6 Å². The number of ether oxygens (including phenoxy) is 2. The molecule has 0 radical (unpaired) electrons. The third-order valence-electron chi connectivity index (χ3n) is 3.46. The normalized spacial score (nSPS) is 16.7. The average Bonchev–Trinajstić information content (AvgIpc) is 2.35. The molecule has 4 heteroatoms. The maximum absolute atomic E-state index is 11.8. The van der Waals surface area contributed by atoms with Crippen molar-refractivity contribution in [3.63, 3.8) is 0 Å². The van der Waals surface area contributed by atoms with Crippen molar-refractivity contribution in [3.05, 3.63) is 30.3 Å². The fraction of sp³-hybridized carbons (Fsp3) is 0.500. The second-order valence-corrected chi connectivity index (χ2v) is 4.64. The van der Waals surface area contributed by atoms with Crippen LogP contribution in [-0.4, -0.2) is 25.7 Å². The fourth-order valence-corrected chi connectivity index (χ4v) is 2.06. The van der Waals surface area contributed by atoms with Gasteiger partial charge in [0.05, 0.1) is 5.41 Å². The van der Waals surface area contributed by atoms with Gasteiger partial charge >= 0.3 is 5.97 Å². The van der Waals surface area contributed by atoms with E-state index in [1.54, 1.807) is 0 Å². The highest BCUT2D eigenvalue weighted by Crippen LogP contribution is 2.40. The monoisotopic (exact) mass is 249 g/mol. The van der Waals surface area contributed by atoms with Crippen molar-refractivity contribution in [2.45, 2.75) is 19.3 Å². The summed E-state index contributed by atoms with van der Waals surface area (Å²) in [5.74, 6) is 0.610. The van der Waals surface area contributed by atoms with E-state index in [4.69, 9.17) is 15.2 Å². The Morgan fingerprint density at radius 3 is 2.50 bits per heavy atom. The summed E-state index contributed by atoms with van der Waals surface area (Å²) in [6.07, 6.45) is 2.76. The number of nitrogens with two attached hydrogens (primary N) is 1. The molecule has 18 heavy (non-hydrogen) atoms. The third kappa shape index (κ3) is 2.82. The molecule has 2 N–H and O–H groups in total. The molecule has 2 rings (SSSR count). The van der Waals surface area contributed by atoms with Gasteiger partial charge in [0.2, 0.25) is 0 Å². The van der Waals surface area contributed by atoms with Crippen LogP contribution in [0.2, 0.25) is 0 Å². The topological polar surface area (TPSA) is 61.6 Å². The summed E-state index contributed by atoms with van der Waals surface area (Å²) >= 11 is 0. The number of hydrogen-bond donors (Lipinski definition) is 1. The zero-order chi connectivity index (χ0) is 12.8. The summed E-state index contributed by atoms with van der Waals surface area (Å²) in [5.41, 5.74) is 5.22. The van der Waals surface area contributed by atoms with Crippen LogP contribution in [0.4, 0.5) is 0 Å². The largest absolute Gasteiger partial charge is 0.490 e. The number of carbonyl (C=O) groups excluding carboxylic acids is 1. The second-order valence-electron chi connectivity index (χ2n) is 4.64. The number of esters is 1. The van der Waals surface area contributed by atoms with E-state index in [1.807, 2.05) is 30.3 Å². The standard InChI is InChI=1S/C14H19NO3/c15-11-14(7-4-8-14)13(16)18-10-9-17-12-5-2-1-3-6-12/h1-3,5-6H,4,7-11,15H2. The quantitative estimate of drug-likeness (QED) is 0.616. The molecule has 1 aliphatic carbocycles. The molecule has 0 bridgehead atoms. The molecular weight excluding hydrogens is 230 g/mol. The van der Waals surface area contributed by atoms with E-state index < -0.39 is 5.41 Å². The van der Waals surface area contributed by atoms with Crippen LogP contribution in [0.3, 0.4) is 0 Å². The van der Waals surface area contributed by atoms with E-state index in [0.717, 1.165) is 25.0 Å². The third-order valence-corrected chi connectivity index (χ3v) is 3.46. The van der Waals surface area contributed by atoms with Gasteiger partial charge in [-0.05, 0) is 25.0 Å². The van der Waals surface area contributed by atoms with Crippen molar-refractivity contribution >= 4 is 5.97 Å². The Morgan fingerprint density at radius 2 is 1.94 bits per heavy atom. The van der Waals surface area contributed by atoms with Crippen LogP contribution in [0.1, 0.15) is 19.3 Å². The summed E-state index contributed by atoms with van der Waals surface area (Å²) in [6.45, 7) is 1.03. The number of rotatable bonds is 6. The smallest absolute Gasteiger partial charge is 0.313 e. The van der Waals surface area contributed by atoms with Crippen LogP contribution in [-0.2, 0) is 9.53 Å². The Labute approximate surface area is 107 Å². The molecule has 0 unspecified atom stereocenters. The van der Waals surface area contributed by atoms with Gasteiger partial charge in [0.25, 0.3) is 0 Å². The molecule has 0 spiro atoms. The first-order chi connectivity index (χ1) is 8.77. The van der Waals surface area contributed by atoms with Gasteiger partial charge < -0.3 is 15.2 Å². The minimum absolute atomic E-state index is 0.173. The number of para-hydroxylation sites is 1. The highest BCUT2D eigenvalue weighted by Gasteiger charge is 2.44. The zero-order valence-electron chi connectivity index (χ0n) is 10.4. The first-order valence-electron chi connectivity index (χ1n) is 6.32. The van der Waals surface area contributed by atoms with E-state index in [2.05, 4.69) is 0 Å². The average molecular weight is 249 g/mol. The van der Waals surface area contributed by atoms with E-state index in [1.165, 1.54) is 0 Å². The lowest BCUT2D eigenvalue weighted by atomic mass is 9.69. The van der Waals surface area contributed by atoms with Gasteiger partial charge in [-0.2, -0.15) is 0 Å². The molecule has 4 nitrogen and oxygen atoms in total. The Bertz CT molecular complexity index is 382. The van der Waals surface area contributed by atoms with E-state index in [9.17, 15) is 4.79 Å². The molecule has 0 heterocycles. The molecule has 1 fully saturated rings. The lowest BCUT2D eigenvalue weighted by Gasteiger charge is -2.37. The number of benzene rings is 1. The van der Waals surface area contributed by atoms with Crippen molar-refractivity contribution in [1.29, 1.82) is 0 Å². The minimum Gasteiger partial charge on any atom is -0.490 e. The highest BCUT2D eigenvalue weighted by molar-refractivity contribution is 5.78. The van der Waals surface area contributed by atoms with Crippen LogP contribution in [0.5, 0.6) is 5.75 Å². The Kier molecular flexibility index (Phi) is 4.20. The van der Waals surface area contributed by atoms with Gasteiger partial charge in [-0.15, -0.1) is 0 Å². The predicted octanol–water partition coefficient (Wildman–Crippen LogP) is 1.74. The van der Waals surface area contributed by atoms with Gasteiger partial charge in [-0.25, -0.2) is 0 Å². The fourth-order valence-electron chi connectivity index (χ4n) is 2.06. The molecule has 0 saturated heterocycles. The van der Waals surface area contributed by atoms with E-state index >= 15 is 0 Å². The number of carbonyl (C=O) groups is 1. The van der Waals surface area contributed by atoms with Crippen LogP contribution in [0, 0.1) is 5.41 Å². The second kappa shape index (κ2) is 5.87. The lowest BCUT2D eigenvalue weighted by molar-refractivity contribution is -0.161. The van der Waals surface area contributed by atoms with Crippen LogP contribution in [0.15, 0.2) is 30.3 Å². The van der Waals surface area contributed by atoms with Gasteiger partial charge in [-0.3, -0.25) is 4.79 Å². The van der Waals surface area contributed by atoms with Crippen molar-refractivity contribution in [2.24, 2.45) is 11.1 Å². The molecule has 1 aliphatic rings. The summed E-state index contributed by atoms with van der Waals surface area (Å²) in [7, 11) is 0. The molecule has 0 atom stereocenters. The van der Waals surface area contributed by atoms with Crippen molar-refractivity contribution in [2.75, 3.05) is 19.8 Å². The summed E-state index contributed by atoms with van der Waals surface area (Å²) in [6, 6.07) is 9.47. The molecule has 1 aromatic carbocycles. The molecule has 0 aromatic heterocycles. The van der Waals surface area contributed by atoms with Gasteiger partial charge in [0, 0.05) is 6.54 Å². The Morgan fingerprint density at radius 1 is 1.22 bits per heavy atom. The first kappa shape index (κ1) is 12.9. The maximum atomic E-state index is 11.8. The molecular formula is C14H19NO3. The van der Waals surface area contributed by atoms with Gasteiger partial charge in [0.1, 0.15) is 19.0 Å². The molecule has 0 aliphatic heterocycles. The number of hydrogen-bond acceptors (Lipinski definition) is 4. The molecule has 1 aromatic rings. The SMILES string of the molecule is NCC1(C(=O)OCCOc2ccccc2)CCC1.